The zero-order valence-corrected chi connectivity index (χ0v) is 8.62. The normalized spacial score (nSPS) is 20.2. The van der Waals surface area contributed by atoms with E-state index in [9.17, 15) is 4.79 Å². The number of benzene rings is 1. The Morgan fingerprint density at radius 2 is 2.36 bits per heavy atom. The quantitative estimate of drug-likeness (QED) is 0.652. The van der Waals surface area contributed by atoms with Crippen LogP contribution in [0.15, 0.2) is 18.2 Å². The van der Waals surface area contributed by atoms with Crippen LogP contribution in [0.25, 0.3) is 0 Å². The van der Waals surface area contributed by atoms with Crippen molar-refractivity contribution in [2.45, 2.75) is 32.6 Å². The van der Waals surface area contributed by atoms with E-state index in [0.717, 1.165) is 25.5 Å². The van der Waals surface area contributed by atoms with Gasteiger partial charge in [0, 0.05) is 6.42 Å². The summed E-state index contributed by atoms with van der Waals surface area (Å²) in [6, 6.07) is 6.51. The van der Waals surface area contributed by atoms with E-state index in [1.807, 2.05) is 0 Å². The summed E-state index contributed by atoms with van der Waals surface area (Å²) in [7, 11) is 0. The molecule has 0 aliphatic heterocycles. The fourth-order valence-electron chi connectivity index (χ4n) is 2.41. The summed E-state index contributed by atoms with van der Waals surface area (Å²) in [6.45, 7) is 2.18. The van der Waals surface area contributed by atoms with Gasteiger partial charge in [-0.25, -0.2) is 0 Å². The number of rotatable bonds is 2. The molecule has 0 radical (unpaired) electrons. The summed E-state index contributed by atoms with van der Waals surface area (Å²) in [5.74, 6) is 0.585. The SMILES string of the molecule is Cc1cccc2c1CCC(CC=O)C2. The molecule has 1 nitrogen and oxygen atoms in total. The standard InChI is InChI=1S/C13H16O/c1-10-3-2-4-12-9-11(7-8-14)5-6-13(10)12/h2-4,8,11H,5-7,9H2,1H3. The van der Waals surface area contributed by atoms with Crippen LogP contribution in [0.1, 0.15) is 29.5 Å². The molecular formula is C13H16O. The van der Waals surface area contributed by atoms with Crippen LogP contribution in [0, 0.1) is 12.8 Å². The largest absolute Gasteiger partial charge is 0.303 e. The molecule has 0 saturated heterocycles. The zero-order valence-electron chi connectivity index (χ0n) is 8.62. The molecule has 2 rings (SSSR count). The van der Waals surface area contributed by atoms with E-state index in [-0.39, 0.29) is 0 Å². The Kier molecular flexibility index (Phi) is 2.67. The average molecular weight is 188 g/mol. The van der Waals surface area contributed by atoms with Crippen molar-refractivity contribution in [3.05, 3.63) is 34.9 Å². The van der Waals surface area contributed by atoms with Crippen LogP contribution < -0.4 is 0 Å². The molecule has 0 amide bonds. The van der Waals surface area contributed by atoms with Gasteiger partial charge in [-0.05, 0) is 48.8 Å². The molecule has 0 aromatic heterocycles. The molecule has 1 aromatic carbocycles. The first kappa shape index (κ1) is 9.45. The van der Waals surface area contributed by atoms with Gasteiger partial charge in [-0.3, -0.25) is 0 Å². The number of fused-ring (bicyclic) bond motifs is 1. The van der Waals surface area contributed by atoms with Crippen LogP contribution in [0.5, 0.6) is 0 Å². The summed E-state index contributed by atoms with van der Waals surface area (Å²) >= 11 is 0. The van der Waals surface area contributed by atoms with Crippen LogP contribution in [0.2, 0.25) is 0 Å². The zero-order chi connectivity index (χ0) is 9.97. The minimum Gasteiger partial charge on any atom is -0.303 e. The lowest BCUT2D eigenvalue weighted by Crippen LogP contribution is -2.15. The topological polar surface area (TPSA) is 17.1 Å². The fraction of sp³-hybridized carbons (Fsp3) is 0.462. The molecule has 1 aromatic rings. The van der Waals surface area contributed by atoms with E-state index < -0.39 is 0 Å². The second kappa shape index (κ2) is 3.95. The van der Waals surface area contributed by atoms with Crippen LogP contribution >= 0.6 is 0 Å². The molecule has 1 unspecified atom stereocenters. The van der Waals surface area contributed by atoms with Gasteiger partial charge in [0.2, 0.25) is 0 Å². The Morgan fingerprint density at radius 1 is 1.50 bits per heavy atom. The molecule has 1 heteroatoms. The maximum atomic E-state index is 10.5. The molecule has 0 saturated carbocycles. The summed E-state index contributed by atoms with van der Waals surface area (Å²) < 4.78 is 0. The minimum atomic E-state index is 0.585. The van der Waals surface area contributed by atoms with Gasteiger partial charge in [0.15, 0.2) is 0 Å². The van der Waals surface area contributed by atoms with Gasteiger partial charge in [-0.15, -0.1) is 0 Å². The van der Waals surface area contributed by atoms with Crippen molar-refractivity contribution >= 4 is 6.29 Å². The highest BCUT2D eigenvalue weighted by Gasteiger charge is 2.18. The first-order valence-electron chi connectivity index (χ1n) is 5.32. The third-order valence-electron chi connectivity index (χ3n) is 3.25. The van der Waals surface area contributed by atoms with E-state index in [2.05, 4.69) is 25.1 Å². The maximum absolute atomic E-state index is 10.5. The molecule has 0 spiro atoms. The van der Waals surface area contributed by atoms with Gasteiger partial charge in [0.1, 0.15) is 6.29 Å². The highest BCUT2D eigenvalue weighted by Crippen LogP contribution is 2.28. The summed E-state index contributed by atoms with van der Waals surface area (Å²) in [4.78, 5) is 10.5. The molecule has 14 heavy (non-hydrogen) atoms. The van der Waals surface area contributed by atoms with Crippen LogP contribution in [0.4, 0.5) is 0 Å². The molecule has 1 aliphatic rings. The molecule has 0 N–H and O–H groups in total. The molecule has 0 bridgehead atoms. The van der Waals surface area contributed by atoms with Crippen molar-refractivity contribution in [2.75, 3.05) is 0 Å². The average Bonchev–Trinajstić information content (AvgIpc) is 2.18. The molecular weight excluding hydrogens is 172 g/mol. The maximum Gasteiger partial charge on any atom is 0.120 e. The lowest BCUT2D eigenvalue weighted by molar-refractivity contribution is -0.108. The third kappa shape index (κ3) is 1.72. The number of aldehydes is 1. The van der Waals surface area contributed by atoms with Gasteiger partial charge >= 0.3 is 0 Å². The van der Waals surface area contributed by atoms with E-state index in [1.165, 1.54) is 23.1 Å². The highest BCUT2D eigenvalue weighted by atomic mass is 16.1. The Morgan fingerprint density at radius 3 is 3.14 bits per heavy atom. The van der Waals surface area contributed by atoms with E-state index >= 15 is 0 Å². The predicted octanol–water partition coefficient (Wildman–Crippen LogP) is 2.69. The number of hydrogen-bond donors (Lipinski definition) is 0. The molecule has 1 atom stereocenters. The van der Waals surface area contributed by atoms with E-state index in [4.69, 9.17) is 0 Å². The number of aryl methyl sites for hydroxylation is 1. The minimum absolute atomic E-state index is 0.585. The van der Waals surface area contributed by atoms with E-state index in [0.29, 0.717) is 5.92 Å². The number of carbonyl (C=O) groups is 1. The van der Waals surface area contributed by atoms with Gasteiger partial charge in [0.05, 0.1) is 0 Å². The molecule has 0 heterocycles. The predicted molar refractivity (Wildman–Crippen MR) is 57.4 cm³/mol. The lowest BCUT2D eigenvalue weighted by Gasteiger charge is -2.24. The second-order valence-corrected chi connectivity index (χ2v) is 4.22. The van der Waals surface area contributed by atoms with E-state index in [1.54, 1.807) is 0 Å². The summed E-state index contributed by atoms with van der Waals surface area (Å²) in [5, 5.41) is 0. The third-order valence-corrected chi connectivity index (χ3v) is 3.25. The van der Waals surface area contributed by atoms with Crippen LogP contribution in [-0.2, 0) is 17.6 Å². The van der Waals surface area contributed by atoms with Crippen molar-refractivity contribution in [3.63, 3.8) is 0 Å². The first-order chi connectivity index (χ1) is 6.81. The Labute approximate surface area is 85.1 Å². The second-order valence-electron chi connectivity index (χ2n) is 4.22. The van der Waals surface area contributed by atoms with Crippen LogP contribution in [0.3, 0.4) is 0 Å². The summed E-state index contributed by atoms with van der Waals surface area (Å²) in [5.41, 5.74) is 4.39. The number of hydrogen-bond acceptors (Lipinski definition) is 1. The fourth-order valence-corrected chi connectivity index (χ4v) is 2.41. The molecule has 0 fully saturated rings. The van der Waals surface area contributed by atoms with Gasteiger partial charge < -0.3 is 4.79 Å². The molecule has 1 aliphatic carbocycles. The first-order valence-corrected chi connectivity index (χ1v) is 5.32. The van der Waals surface area contributed by atoms with Crippen molar-refractivity contribution in [1.29, 1.82) is 0 Å². The lowest BCUT2D eigenvalue weighted by atomic mass is 9.81. The highest BCUT2D eigenvalue weighted by molar-refractivity contribution is 5.50. The van der Waals surface area contributed by atoms with Crippen molar-refractivity contribution in [1.82, 2.24) is 0 Å². The smallest absolute Gasteiger partial charge is 0.120 e. The Bertz CT molecular complexity index is 341. The van der Waals surface area contributed by atoms with Gasteiger partial charge in [-0.1, -0.05) is 18.2 Å². The van der Waals surface area contributed by atoms with Crippen molar-refractivity contribution < 1.29 is 4.79 Å². The Balaban J connectivity index is 2.22. The monoisotopic (exact) mass is 188 g/mol. The van der Waals surface area contributed by atoms with Crippen LogP contribution in [-0.4, -0.2) is 6.29 Å². The van der Waals surface area contributed by atoms with Crippen molar-refractivity contribution in [2.24, 2.45) is 5.92 Å². The van der Waals surface area contributed by atoms with Gasteiger partial charge in [0.25, 0.3) is 0 Å². The van der Waals surface area contributed by atoms with Gasteiger partial charge in [-0.2, -0.15) is 0 Å². The number of carbonyl (C=O) groups excluding carboxylic acids is 1. The Hall–Kier alpha value is -1.11. The van der Waals surface area contributed by atoms with Crippen molar-refractivity contribution in [3.8, 4) is 0 Å². The molecule has 74 valence electrons. The summed E-state index contributed by atoms with van der Waals surface area (Å²) in [6.07, 6.45) is 5.21.